The molecule has 0 unspecified atom stereocenters. The molecule has 0 amide bonds. The molecule has 0 N–H and O–H groups in total. The number of rotatable bonds is 2. The lowest BCUT2D eigenvalue weighted by Crippen LogP contribution is -2.01. The Morgan fingerprint density at radius 2 is 2.25 bits per heavy atom. The molecule has 0 aliphatic carbocycles. The third-order valence-electron chi connectivity index (χ3n) is 1.34. The van der Waals surface area contributed by atoms with Gasteiger partial charge >= 0.3 is 0 Å². The van der Waals surface area contributed by atoms with E-state index in [-0.39, 0.29) is 16.6 Å². The van der Waals surface area contributed by atoms with E-state index < -0.39 is 5.24 Å². The molecule has 66 valence electrons. The topological polar surface area (TPSA) is 44.1 Å². The van der Waals surface area contributed by atoms with Gasteiger partial charge in [-0.25, -0.2) is 0 Å². The fourth-order valence-corrected chi connectivity index (χ4v) is 1.41. The van der Waals surface area contributed by atoms with Crippen LogP contribution < -0.4 is 4.74 Å². The van der Waals surface area contributed by atoms with Crippen LogP contribution in [0.1, 0.15) is 10.5 Å². The van der Waals surface area contributed by atoms with Crippen molar-refractivity contribution in [3.8, 4) is 5.88 Å². The molecule has 0 saturated carbocycles. The Kier molecular flexibility index (Phi) is 2.59. The van der Waals surface area contributed by atoms with Gasteiger partial charge in [-0.05, 0) is 11.6 Å². The molecule has 4 nitrogen and oxygen atoms in total. The summed E-state index contributed by atoms with van der Waals surface area (Å²) in [5.41, 5.74) is 0.134. The van der Waals surface area contributed by atoms with Crippen molar-refractivity contribution in [2.75, 3.05) is 7.11 Å². The lowest BCUT2D eigenvalue weighted by Gasteiger charge is -1.92. The van der Waals surface area contributed by atoms with Crippen LogP contribution in [0.25, 0.3) is 0 Å². The zero-order valence-corrected chi connectivity index (χ0v) is 7.98. The molecule has 1 aromatic rings. The molecule has 0 fully saturated rings. The van der Waals surface area contributed by atoms with Crippen LogP contribution in [0.15, 0.2) is 0 Å². The first-order valence-corrected chi connectivity index (χ1v) is 3.79. The zero-order valence-electron chi connectivity index (χ0n) is 6.47. The number of hydrogen-bond donors (Lipinski definition) is 0. The second-order valence-electron chi connectivity index (χ2n) is 2.07. The van der Waals surface area contributed by atoms with Crippen molar-refractivity contribution in [1.82, 2.24) is 9.78 Å². The monoisotopic (exact) mass is 208 g/mol. The molecule has 0 aliphatic rings. The zero-order chi connectivity index (χ0) is 9.30. The van der Waals surface area contributed by atoms with Gasteiger partial charge in [-0.15, -0.1) is 5.10 Å². The van der Waals surface area contributed by atoms with E-state index in [0.717, 1.165) is 0 Å². The third kappa shape index (κ3) is 1.40. The molecule has 0 aromatic carbocycles. The van der Waals surface area contributed by atoms with E-state index in [2.05, 4.69) is 5.10 Å². The van der Waals surface area contributed by atoms with Crippen LogP contribution in [-0.4, -0.2) is 22.1 Å². The molecule has 0 atom stereocenters. The Bertz CT molecular complexity index is 322. The van der Waals surface area contributed by atoms with E-state index in [9.17, 15) is 4.79 Å². The van der Waals surface area contributed by atoms with Crippen molar-refractivity contribution in [1.29, 1.82) is 0 Å². The van der Waals surface area contributed by atoms with Crippen molar-refractivity contribution in [2.24, 2.45) is 7.05 Å². The van der Waals surface area contributed by atoms with E-state index >= 15 is 0 Å². The lowest BCUT2D eigenvalue weighted by atomic mass is 10.4. The molecular formula is C6H6Cl2N2O2. The van der Waals surface area contributed by atoms with Gasteiger partial charge in [0.15, 0.2) is 0 Å². The quantitative estimate of drug-likeness (QED) is 0.692. The number of nitrogens with zero attached hydrogens (tertiary/aromatic N) is 2. The van der Waals surface area contributed by atoms with Crippen LogP contribution in [0.4, 0.5) is 0 Å². The molecule has 0 radical (unpaired) electrons. The fraction of sp³-hybridized carbons (Fsp3) is 0.333. The number of ether oxygens (including phenoxy) is 1. The maximum Gasteiger partial charge on any atom is 0.272 e. The van der Waals surface area contributed by atoms with Gasteiger partial charge < -0.3 is 4.74 Å². The number of carbonyl (C=O) groups excluding carboxylic acids is 1. The summed E-state index contributed by atoms with van der Waals surface area (Å²) in [6.07, 6.45) is 0. The first-order chi connectivity index (χ1) is 5.57. The molecule has 6 heteroatoms. The Morgan fingerprint density at radius 3 is 2.50 bits per heavy atom. The van der Waals surface area contributed by atoms with Crippen molar-refractivity contribution in [2.45, 2.75) is 0 Å². The number of aryl methyl sites for hydroxylation is 1. The minimum absolute atomic E-state index is 0.134. The molecule has 0 bridgehead atoms. The highest BCUT2D eigenvalue weighted by molar-refractivity contribution is 6.68. The van der Waals surface area contributed by atoms with Gasteiger partial charge in [0.2, 0.25) is 0 Å². The smallest absolute Gasteiger partial charge is 0.272 e. The summed E-state index contributed by atoms with van der Waals surface area (Å²) < 4.78 is 6.06. The highest BCUT2D eigenvalue weighted by Crippen LogP contribution is 2.27. The van der Waals surface area contributed by atoms with Crippen molar-refractivity contribution < 1.29 is 9.53 Å². The van der Waals surface area contributed by atoms with Crippen LogP contribution in [0, 0.1) is 0 Å². The first-order valence-electron chi connectivity index (χ1n) is 3.04. The number of hydrogen-bond acceptors (Lipinski definition) is 3. The minimum atomic E-state index is -0.654. The van der Waals surface area contributed by atoms with Crippen molar-refractivity contribution in [3.63, 3.8) is 0 Å². The van der Waals surface area contributed by atoms with Crippen molar-refractivity contribution in [3.05, 3.63) is 10.7 Å². The summed E-state index contributed by atoms with van der Waals surface area (Å²) in [7, 11) is 2.97. The lowest BCUT2D eigenvalue weighted by molar-refractivity contribution is 0.107. The highest BCUT2D eigenvalue weighted by Gasteiger charge is 2.19. The molecule has 1 aromatic heterocycles. The molecule has 0 saturated heterocycles. The van der Waals surface area contributed by atoms with E-state index in [0.29, 0.717) is 0 Å². The number of halogens is 2. The molecule has 1 heterocycles. The van der Waals surface area contributed by atoms with Crippen LogP contribution >= 0.6 is 23.2 Å². The Balaban J connectivity index is 3.28. The fourth-order valence-electron chi connectivity index (χ4n) is 0.817. The van der Waals surface area contributed by atoms with Crippen LogP contribution in [0.3, 0.4) is 0 Å². The minimum Gasteiger partial charge on any atom is -0.479 e. The molecule has 0 aliphatic heterocycles. The van der Waals surface area contributed by atoms with E-state index in [4.69, 9.17) is 27.9 Å². The maximum atomic E-state index is 10.8. The summed E-state index contributed by atoms with van der Waals surface area (Å²) in [6, 6.07) is 0. The normalized spacial score (nSPS) is 10.0. The van der Waals surface area contributed by atoms with Crippen molar-refractivity contribution >= 4 is 28.4 Å². The average molecular weight is 209 g/mol. The second kappa shape index (κ2) is 3.33. The number of carbonyl (C=O) groups is 1. The summed E-state index contributed by atoms with van der Waals surface area (Å²) in [5, 5.41) is 3.29. The van der Waals surface area contributed by atoms with Gasteiger partial charge in [-0.2, -0.15) is 0 Å². The van der Waals surface area contributed by atoms with Crippen LogP contribution in [0.2, 0.25) is 5.02 Å². The predicted octanol–water partition coefficient (Wildman–Crippen LogP) is 1.46. The Morgan fingerprint density at radius 1 is 1.67 bits per heavy atom. The third-order valence-corrected chi connectivity index (χ3v) is 1.86. The van der Waals surface area contributed by atoms with Crippen LogP contribution in [0.5, 0.6) is 5.88 Å². The maximum absolute atomic E-state index is 10.8. The Labute approximate surface area is 79.0 Å². The van der Waals surface area contributed by atoms with Gasteiger partial charge in [-0.1, -0.05) is 11.6 Å². The SMILES string of the molecule is COc1nn(C)c(C(=O)Cl)c1Cl. The van der Waals surface area contributed by atoms with E-state index in [1.165, 1.54) is 11.8 Å². The summed E-state index contributed by atoms with van der Waals surface area (Å²) >= 11 is 11.0. The molecule has 1 rings (SSSR count). The van der Waals surface area contributed by atoms with E-state index in [1.807, 2.05) is 0 Å². The van der Waals surface area contributed by atoms with Gasteiger partial charge in [0, 0.05) is 7.05 Å². The average Bonchev–Trinajstić information content (AvgIpc) is 2.25. The summed E-state index contributed by atoms with van der Waals surface area (Å²) in [5.74, 6) is 0.197. The number of methoxy groups -OCH3 is 1. The summed E-state index contributed by atoms with van der Waals surface area (Å²) in [4.78, 5) is 10.8. The van der Waals surface area contributed by atoms with Gasteiger partial charge in [0.05, 0.1) is 7.11 Å². The van der Waals surface area contributed by atoms with Crippen LogP contribution in [-0.2, 0) is 7.05 Å². The summed E-state index contributed by atoms with van der Waals surface area (Å²) in [6.45, 7) is 0. The second-order valence-corrected chi connectivity index (χ2v) is 2.79. The largest absolute Gasteiger partial charge is 0.479 e. The molecule has 0 spiro atoms. The number of aromatic nitrogens is 2. The first kappa shape index (κ1) is 9.35. The predicted molar refractivity (Wildman–Crippen MR) is 45.0 cm³/mol. The highest BCUT2D eigenvalue weighted by atomic mass is 35.5. The Hall–Kier alpha value is -0.740. The standard InChI is InChI=1S/C6H6Cl2N2O2/c1-10-4(5(8)11)3(7)6(9-10)12-2/h1-2H3. The molecular weight excluding hydrogens is 203 g/mol. The van der Waals surface area contributed by atoms with Gasteiger partial charge in [0.1, 0.15) is 10.7 Å². The van der Waals surface area contributed by atoms with Gasteiger partial charge in [0.25, 0.3) is 11.1 Å². The van der Waals surface area contributed by atoms with E-state index in [1.54, 1.807) is 7.05 Å². The van der Waals surface area contributed by atoms with Gasteiger partial charge in [-0.3, -0.25) is 9.48 Å². The molecule has 12 heavy (non-hydrogen) atoms.